The Bertz CT molecular complexity index is 1170. The predicted octanol–water partition coefficient (Wildman–Crippen LogP) is 4.50. The van der Waals surface area contributed by atoms with Crippen LogP contribution in [0, 0.1) is 11.7 Å². The van der Waals surface area contributed by atoms with E-state index in [0.717, 1.165) is 54.2 Å². The summed E-state index contributed by atoms with van der Waals surface area (Å²) in [6.07, 6.45) is 4.27. The zero-order chi connectivity index (χ0) is 22.8. The fourth-order valence-electron chi connectivity index (χ4n) is 4.61. The Hall–Kier alpha value is -2.77. The Kier molecular flexibility index (Phi) is 6.42. The van der Waals surface area contributed by atoms with E-state index < -0.39 is 0 Å². The topological polar surface area (TPSA) is 55.1 Å². The number of piperidine rings is 1. The minimum atomic E-state index is 0.0301. The summed E-state index contributed by atoms with van der Waals surface area (Å²) in [6, 6.07) is 18.4. The van der Waals surface area contributed by atoms with Gasteiger partial charge in [0, 0.05) is 30.6 Å². The van der Waals surface area contributed by atoms with Gasteiger partial charge in [-0.3, -0.25) is 14.3 Å². The standard InChI is InChI=1S/C26H31N5OS/c1-19-7-5-6-10-23(19)25(32)27-22-13-15-29(16-14-22)18-31-26(33)30(24(28-31)21-11-12-21)17-20-8-3-2-4-9-20/h2-10,21-22H,11-18H2,1H3,(H,27,32). The number of aromatic nitrogens is 3. The number of likely N-dealkylation sites (tertiary alicyclic amines) is 1. The maximum Gasteiger partial charge on any atom is 0.251 e. The first-order valence-corrected chi connectivity index (χ1v) is 12.3. The highest BCUT2D eigenvalue weighted by Crippen LogP contribution is 2.39. The van der Waals surface area contributed by atoms with Crippen LogP contribution in [0.4, 0.5) is 0 Å². The lowest BCUT2D eigenvalue weighted by molar-refractivity contribution is 0.0895. The van der Waals surface area contributed by atoms with Crippen molar-refractivity contribution in [1.82, 2.24) is 24.6 Å². The summed E-state index contributed by atoms with van der Waals surface area (Å²) in [5, 5.41) is 8.17. The second kappa shape index (κ2) is 9.61. The fraction of sp³-hybridized carbons (Fsp3) is 0.423. The van der Waals surface area contributed by atoms with E-state index >= 15 is 0 Å². The molecule has 172 valence electrons. The smallest absolute Gasteiger partial charge is 0.251 e. The lowest BCUT2D eigenvalue weighted by atomic mass is 10.0. The molecule has 1 saturated carbocycles. The summed E-state index contributed by atoms with van der Waals surface area (Å²) in [5.74, 6) is 1.70. The average molecular weight is 462 g/mol. The lowest BCUT2D eigenvalue weighted by Gasteiger charge is -2.32. The van der Waals surface area contributed by atoms with Crippen molar-refractivity contribution in [2.75, 3.05) is 13.1 Å². The van der Waals surface area contributed by atoms with Crippen LogP contribution in [0.15, 0.2) is 54.6 Å². The molecule has 0 atom stereocenters. The Morgan fingerprint density at radius 1 is 1.03 bits per heavy atom. The minimum absolute atomic E-state index is 0.0301. The van der Waals surface area contributed by atoms with E-state index in [4.69, 9.17) is 17.3 Å². The van der Waals surface area contributed by atoms with Gasteiger partial charge in [-0.05, 0) is 62.0 Å². The van der Waals surface area contributed by atoms with Crippen LogP contribution in [0.2, 0.25) is 0 Å². The molecular formula is C26H31N5OS. The van der Waals surface area contributed by atoms with Gasteiger partial charge in [0.1, 0.15) is 5.82 Å². The number of carbonyl (C=O) groups is 1. The summed E-state index contributed by atoms with van der Waals surface area (Å²) < 4.78 is 5.02. The molecule has 7 heteroatoms. The SMILES string of the molecule is Cc1ccccc1C(=O)NC1CCN(Cn2nc(C3CC3)n(Cc3ccccc3)c2=S)CC1. The van der Waals surface area contributed by atoms with Crippen LogP contribution in [0.5, 0.6) is 0 Å². The number of amides is 1. The normalized spacial score (nSPS) is 17.2. The lowest BCUT2D eigenvalue weighted by Crippen LogP contribution is -2.45. The van der Waals surface area contributed by atoms with E-state index in [1.54, 1.807) is 0 Å². The van der Waals surface area contributed by atoms with Gasteiger partial charge < -0.3 is 5.32 Å². The molecule has 5 rings (SSSR count). The quantitative estimate of drug-likeness (QED) is 0.527. The van der Waals surface area contributed by atoms with Gasteiger partial charge in [0.25, 0.3) is 5.91 Å². The summed E-state index contributed by atoms with van der Waals surface area (Å²) in [7, 11) is 0. The third kappa shape index (κ3) is 5.09. The number of hydrogen-bond donors (Lipinski definition) is 1. The van der Waals surface area contributed by atoms with E-state index in [9.17, 15) is 4.79 Å². The van der Waals surface area contributed by atoms with Crippen molar-refractivity contribution in [3.8, 4) is 0 Å². The van der Waals surface area contributed by atoms with E-state index in [0.29, 0.717) is 12.6 Å². The second-order valence-electron chi connectivity index (χ2n) is 9.31. The van der Waals surface area contributed by atoms with E-state index in [1.165, 1.54) is 18.4 Å². The van der Waals surface area contributed by atoms with Crippen LogP contribution in [0.25, 0.3) is 0 Å². The van der Waals surface area contributed by atoms with Crippen LogP contribution in [-0.2, 0) is 13.2 Å². The van der Waals surface area contributed by atoms with Gasteiger partial charge in [0.15, 0.2) is 4.77 Å². The molecule has 0 spiro atoms. The van der Waals surface area contributed by atoms with Crippen molar-refractivity contribution in [1.29, 1.82) is 0 Å². The van der Waals surface area contributed by atoms with Crippen molar-refractivity contribution in [3.05, 3.63) is 81.9 Å². The molecule has 1 aromatic heterocycles. The van der Waals surface area contributed by atoms with Crippen LogP contribution in [0.3, 0.4) is 0 Å². The molecule has 2 fully saturated rings. The van der Waals surface area contributed by atoms with Crippen molar-refractivity contribution >= 4 is 18.1 Å². The van der Waals surface area contributed by atoms with Gasteiger partial charge in [-0.2, -0.15) is 5.10 Å². The molecular weight excluding hydrogens is 430 g/mol. The number of nitrogens with one attached hydrogen (secondary N) is 1. The molecule has 2 aliphatic rings. The van der Waals surface area contributed by atoms with Crippen LogP contribution in [-0.4, -0.2) is 44.3 Å². The molecule has 1 saturated heterocycles. The summed E-state index contributed by atoms with van der Waals surface area (Å²) in [6.45, 7) is 5.31. The minimum Gasteiger partial charge on any atom is -0.349 e. The number of hydrogen-bond acceptors (Lipinski definition) is 4. The van der Waals surface area contributed by atoms with E-state index in [1.807, 2.05) is 41.9 Å². The van der Waals surface area contributed by atoms with Crippen LogP contribution < -0.4 is 5.32 Å². The first-order chi connectivity index (χ1) is 16.1. The number of nitrogens with zero attached hydrogens (tertiary/aromatic N) is 4. The number of aryl methyl sites for hydroxylation is 1. The van der Waals surface area contributed by atoms with Gasteiger partial charge in [0.05, 0.1) is 13.2 Å². The highest BCUT2D eigenvalue weighted by atomic mass is 32.1. The van der Waals surface area contributed by atoms with Crippen molar-refractivity contribution in [3.63, 3.8) is 0 Å². The van der Waals surface area contributed by atoms with Crippen LogP contribution in [0.1, 0.15) is 58.9 Å². The molecule has 0 radical (unpaired) electrons. The highest BCUT2D eigenvalue weighted by Gasteiger charge is 2.31. The van der Waals surface area contributed by atoms with Gasteiger partial charge in [-0.1, -0.05) is 48.5 Å². The molecule has 1 N–H and O–H groups in total. The van der Waals surface area contributed by atoms with Crippen LogP contribution >= 0.6 is 12.2 Å². The van der Waals surface area contributed by atoms with Crippen molar-refractivity contribution in [2.45, 2.75) is 57.8 Å². The average Bonchev–Trinajstić information content (AvgIpc) is 3.63. The number of carbonyl (C=O) groups excluding carboxylic acids is 1. The maximum atomic E-state index is 12.7. The van der Waals surface area contributed by atoms with Crippen molar-refractivity contribution < 1.29 is 4.79 Å². The molecule has 1 amide bonds. The largest absolute Gasteiger partial charge is 0.349 e. The second-order valence-corrected chi connectivity index (χ2v) is 9.67. The first kappa shape index (κ1) is 22.0. The molecule has 1 aliphatic carbocycles. The van der Waals surface area contributed by atoms with Crippen molar-refractivity contribution in [2.24, 2.45) is 0 Å². The summed E-state index contributed by atoms with van der Waals surface area (Å²) in [4.78, 5) is 15.0. The molecule has 0 bridgehead atoms. The zero-order valence-electron chi connectivity index (χ0n) is 19.1. The summed E-state index contributed by atoms with van der Waals surface area (Å²) in [5.41, 5.74) is 3.03. The Morgan fingerprint density at radius 3 is 2.42 bits per heavy atom. The predicted molar refractivity (Wildman–Crippen MR) is 132 cm³/mol. The van der Waals surface area contributed by atoms with Gasteiger partial charge in [0.2, 0.25) is 0 Å². The molecule has 3 aromatic rings. The maximum absolute atomic E-state index is 12.7. The number of rotatable bonds is 7. The molecule has 1 aliphatic heterocycles. The first-order valence-electron chi connectivity index (χ1n) is 11.9. The molecule has 33 heavy (non-hydrogen) atoms. The Balaban J connectivity index is 1.21. The van der Waals surface area contributed by atoms with Gasteiger partial charge in [-0.15, -0.1) is 0 Å². The van der Waals surface area contributed by atoms with Gasteiger partial charge in [-0.25, -0.2) is 4.68 Å². The molecule has 2 aromatic carbocycles. The fourth-order valence-corrected chi connectivity index (χ4v) is 4.86. The van der Waals surface area contributed by atoms with Gasteiger partial charge >= 0.3 is 0 Å². The number of benzene rings is 2. The van der Waals surface area contributed by atoms with E-state index in [-0.39, 0.29) is 11.9 Å². The molecule has 6 nitrogen and oxygen atoms in total. The summed E-state index contributed by atoms with van der Waals surface area (Å²) >= 11 is 5.85. The third-order valence-electron chi connectivity index (χ3n) is 6.72. The monoisotopic (exact) mass is 461 g/mol. The Morgan fingerprint density at radius 2 is 1.73 bits per heavy atom. The zero-order valence-corrected chi connectivity index (χ0v) is 19.9. The Labute approximate surface area is 200 Å². The highest BCUT2D eigenvalue weighted by molar-refractivity contribution is 7.71. The third-order valence-corrected chi connectivity index (χ3v) is 7.16. The molecule has 2 heterocycles. The molecule has 0 unspecified atom stereocenters. The van der Waals surface area contributed by atoms with E-state index in [2.05, 4.69) is 39.0 Å².